The first-order valence-electron chi connectivity index (χ1n) is 10.7. The molecule has 182 valence electrons. The van der Waals surface area contributed by atoms with Crippen molar-refractivity contribution in [3.63, 3.8) is 0 Å². The van der Waals surface area contributed by atoms with Crippen LogP contribution < -0.4 is 10.6 Å². The number of aromatic carboxylic acids is 1. The number of benzene rings is 2. The Morgan fingerprint density at radius 3 is 2.46 bits per heavy atom. The molecule has 0 aliphatic rings. The first-order chi connectivity index (χ1) is 16.5. The predicted molar refractivity (Wildman–Crippen MR) is 131 cm³/mol. The number of amides is 2. The molecule has 0 unspecified atom stereocenters. The highest BCUT2D eigenvalue weighted by molar-refractivity contribution is 6.30. The molecular formula is C24H25ClN6O4. The SMILES string of the molecule is CC(C)(C)C[C@H](NC(=O)/C=C/c1cc(Cl)ccc1-n1cnnn1)C(=O)Nc1ccc(C(=O)O)cc1. The average Bonchev–Trinajstić information content (AvgIpc) is 3.31. The van der Waals surface area contributed by atoms with Crippen molar-refractivity contribution in [3.05, 3.63) is 71.0 Å². The second-order valence-corrected chi connectivity index (χ2v) is 9.43. The lowest BCUT2D eigenvalue weighted by Gasteiger charge is -2.25. The number of carbonyl (C=O) groups is 3. The number of carboxylic acid groups (broad SMARTS) is 1. The lowest BCUT2D eigenvalue weighted by atomic mass is 9.87. The highest BCUT2D eigenvalue weighted by Gasteiger charge is 2.26. The number of hydrogen-bond donors (Lipinski definition) is 3. The second-order valence-electron chi connectivity index (χ2n) is 8.99. The van der Waals surface area contributed by atoms with Crippen LogP contribution in [-0.2, 0) is 9.59 Å². The summed E-state index contributed by atoms with van der Waals surface area (Å²) in [6.45, 7) is 5.88. The molecule has 0 radical (unpaired) electrons. The number of nitrogens with zero attached hydrogens (tertiary/aromatic N) is 4. The van der Waals surface area contributed by atoms with Crippen LogP contribution in [0.4, 0.5) is 5.69 Å². The molecule has 0 saturated heterocycles. The molecule has 10 nitrogen and oxygen atoms in total. The van der Waals surface area contributed by atoms with Gasteiger partial charge >= 0.3 is 5.97 Å². The van der Waals surface area contributed by atoms with E-state index in [1.807, 2.05) is 20.8 Å². The number of nitrogens with one attached hydrogen (secondary N) is 2. The molecule has 1 heterocycles. The molecule has 0 spiro atoms. The van der Waals surface area contributed by atoms with Crippen molar-refractivity contribution in [3.8, 4) is 5.69 Å². The van der Waals surface area contributed by atoms with E-state index in [2.05, 4.69) is 26.2 Å². The molecule has 0 aliphatic heterocycles. The van der Waals surface area contributed by atoms with Crippen LogP contribution in [0.5, 0.6) is 0 Å². The van der Waals surface area contributed by atoms with Gasteiger partial charge in [0, 0.05) is 22.3 Å². The fourth-order valence-corrected chi connectivity index (χ4v) is 3.45. The number of aromatic nitrogens is 4. The van der Waals surface area contributed by atoms with Crippen molar-refractivity contribution >= 4 is 41.1 Å². The summed E-state index contributed by atoms with van der Waals surface area (Å²) in [5.74, 6) is -1.95. The van der Waals surface area contributed by atoms with Crippen LogP contribution in [0.1, 0.15) is 43.1 Å². The van der Waals surface area contributed by atoms with Gasteiger partial charge in [0.2, 0.25) is 11.8 Å². The van der Waals surface area contributed by atoms with E-state index in [9.17, 15) is 14.4 Å². The highest BCUT2D eigenvalue weighted by Crippen LogP contribution is 2.23. The van der Waals surface area contributed by atoms with Gasteiger partial charge in [-0.1, -0.05) is 32.4 Å². The highest BCUT2D eigenvalue weighted by atomic mass is 35.5. The summed E-state index contributed by atoms with van der Waals surface area (Å²) >= 11 is 6.12. The summed E-state index contributed by atoms with van der Waals surface area (Å²) in [4.78, 5) is 36.7. The van der Waals surface area contributed by atoms with E-state index in [-0.39, 0.29) is 11.0 Å². The number of halogens is 1. The molecule has 3 N–H and O–H groups in total. The molecule has 3 rings (SSSR count). The fourth-order valence-electron chi connectivity index (χ4n) is 3.27. The fraction of sp³-hybridized carbons (Fsp3) is 0.250. The third-order valence-electron chi connectivity index (χ3n) is 4.85. The van der Waals surface area contributed by atoms with Crippen molar-refractivity contribution in [2.24, 2.45) is 5.41 Å². The number of rotatable bonds is 8. The van der Waals surface area contributed by atoms with Crippen molar-refractivity contribution in [2.75, 3.05) is 5.32 Å². The van der Waals surface area contributed by atoms with Crippen LogP contribution in [0.15, 0.2) is 54.9 Å². The zero-order chi connectivity index (χ0) is 25.6. The molecule has 2 aromatic carbocycles. The van der Waals surface area contributed by atoms with Crippen molar-refractivity contribution < 1.29 is 19.5 Å². The predicted octanol–water partition coefficient (Wildman–Crippen LogP) is 3.59. The second kappa shape index (κ2) is 10.9. The topological polar surface area (TPSA) is 139 Å². The maximum atomic E-state index is 13.0. The average molecular weight is 497 g/mol. The monoisotopic (exact) mass is 496 g/mol. The Balaban J connectivity index is 1.75. The summed E-state index contributed by atoms with van der Waals surface area (Å²) in [5.41, 5.74) is 1.50. The first kappa shape index (κ1) is 25.6. The Morgan fingerprint density at radius 2 is 1.86 bits per heavy atom. The van der Waals surface area contributed by atoms with Gasteiger partial charge in [-0.05, 0) is 70.8 Å². The van der Waals surface area contributed by atoms with Crippen molar-refractivity contribution in [1.82, 2.24) is 25.5 Å². The van der Waals surface area contributed by atoms with Gasteiger partial charge in [0.25, 0.3) is 0 Å². The molecule has 0 saturated carbocycles. The first-order valence-corrected chi connectivity index (χ1v) is 11.1. The molecule has 0 aliphatic carbocycles. The molecule has 1 atom stereocenters. The van der Waals surface area contributed by atoms with Crippen LogP contribution in [0, 0.1) is 5.41 Å². The van der Waals surface area contributed by atoms with E-state index in [4.69, 9.17) is 16.7 Å². The van der Waals surface area contributed by atoms with Gasteiger partial charge in [-0.2, -0.15) is 4.68 Å². The van der Waals surface area contributed by atoms with Gasteiger partial charge in [-0.3, -0.25) is 9.59 Å². The van der Waals surface area contributed by atoms with E-state index in [1.54, 1.807) is 24.3 Å². The van der Waals surface area contributed by atoms with Crippen LogP contribution in [0.25, 0.3) is 11.8 Å². The van der Waals surface area contributed by atoms with Crippen molar-refractivity contribution in [2.45, 2.75) is 33.2 Å². The molecular weight excluding hydrogens is 472 g/mol. The lowest BCUT2D eigenvalue weighted by molar-refractivity contribution is -0.124. The molecule has 0 fully saturated rings. The zero-order valence-corrected chi connectivity index (χ0v) is 20.2. The molecule has 1 aromatic heterocycles. The molecule has 0 bridgehead atoms. The quantitative estimate of drug-likeness (QED) is 0.405. The summed E-state index contributed by atoms with van der Waals surface area (Å²) in [5, 5.41) is 26.1. The number of hydrogen-bond acceptors (Lipinski definition) is 6. The number of tetrazole rings is 1. The van der Waals surface area contributed by atoms with Gasteiger partial charge in [0.1, 0.15) is 12.4 Å². The summed E-state index contributed by atoms with van der Waals surface area (Å²) in [6.07, 6.45) is 4.67. The Bertz CT molecular complexity index is 1230. The van der Waals surface area contributed by atoms with Crippen molar-refractivity contribution in [1.29, 1.82) is 0 Å². The van der Waals surface area contributed by atoms with Crippen LogP contribution >= 0.6 is 11.6 Å². The van der Waals surface area contributed by atoms with E-state index in [0.717, 1.165) is 0 Å². The normalized spacial score (nSPS) is 12.3. The van der Waals surface area contributed by atoms with E-state index in [0.29, 0.717) is 28.4 Å². The van der Waals surface area contributed by atoms with Crippen LogP contribution in [-0.4, -0.2) is 49.1 Å². The third kappa shape index (κ3) is 7.47. The smallest absolute Gasteiger partial charge is 0.335 e. The minimum absolute atomic E-state index is 0.106. The Kier molecular flexibility index (Phi) is 7.98. The summed E-state index contributed by atoms with van der Waals surface area (Å²) in [6, 6.07) is 10.0. The van der Waals surface area contributed by atoms with Gasteiger partial charge in [-0.25, -0.2) is 4.79 Å². The Hall–Kier alpha value is -4.05. The maximum absolute atomic E-state index is 13.0. The zero-order valence-electron chi connectivity index (χ0n) is 19.4. The van der Waals surface area contributed by atoms with E-state index < -0.39 is 23.8 Å². The van der Waals surface area contributed by atoms with Crippen LogP contribution in [0.3, 0.4) is 0 Å². The van der Waals surface area contributed by atoms with Gasteiger partial charge < -0.3 is 15.7 Å². The van der Waals surface area contributed by atoms with Crippen LogP contribution in [0.2, 0.25) is 5.02 Å². The Labute approximate surface area is 207 Å². The minimum Gasteiger partial charge on any atom is -0.478 e. The summed E-state index contributed by atoms with van der Waals surface area (Å²) in [7, 11) is 0. The molecule has 3 aromatic rings. The number of carboxylic acids is 1. The lowest BCUT2D eigenvalue weighted by Crippen LogP contribution is -2.45. The number of carbonyl (C=O) groups excluding carboxylic acids is 2. The molecule has 2 amide bonds. The number of anilines is 1. The molecule has 11 heteroatoms. The maximum Gasteiger partial charge on any atom is 0.335 e. The molecule has 35 heavy (non-hydrogen) atoms. The minimum atomic E-state index is -1.06. The van der Waals surface area contributed by atoms with E-state index in [1.165, 1.54) is 41.4 Å². The third-order valence-corrected chi connectivity index (χ3v) is 5.08. The van der Waals surface area contributed by atoms with Gasteiger partial charge in [-0.15, -0.1) is 5.10 Å². The van der Waals surface area contributed by atoms with E-state index >= 15 is 0 Å². The van der Waals surface area contributed by atoms with Gasteiger partial charge in [0.05, 0.1) is 11.3 Å². The van der Waals surface area contributed by atoms with Gasteiger partial charge in [0.15, 0.2) is 0 Å². The summed E-state index contributed by atoms with van der Waals surface area (Å²) < 4.78 is 1.44. The standard InChI is InChI=1S/C24H25ClN6O4/c1-24(2,3)13-19(22(33)27-18-8-4-15(5-9-18)23(34)35)28-21(32)11-6-16-12-17(25)7-10-20(16)31-14-26-29-30-31/h4-12,14,19H,13H2,1-3H3,(H,27,33)(H,28,32)(H,34,35)/b11-6+/t19-/m0/s1. The Morgan fingerprint density at radius 1 is 1.14 bits per heavy atom. The largest absolute Gasteiger partial charge is 0.478 e.